The third-order valence-corrected chi connectivity index (χ3v) is 7.59. The number of fused-ring (bicyclic) bond motifs is 1. The van der Waals surface area contributed by atoms with Crippen molar-refractivity contribution in [2.75, 3.05) is 12.3 Å². The molecule has 7 atom stereocenters. The van der Waals surface area contributed by atoms with E-state index in [2.05, 4.69) is 28.1 Å². The zero-order valence-electron chi connectivity index (χ0n) is 15.9. The van der Waals surface area contributed by atoms with Gasteiger partial charge in [-0.2, -0.15) is 4.31 Å². The molecule has 7 N–H and O–H groups in total. The minimum absolute atomic E-state index is 0. The van der Waals surface area contributed by atoms with Gasteiger partial charge in [0.05, 0.1) is 12.9 Å². The van der Waals surface area contributed by atoms with Crippen molar-refractivity contribution in [2.45, 2.75) is 24.5 Å². The average Bonchev–Trinajstić information content (AvgIpc) is 3.13. The fraction of sp³-hybridized carbons (Fsp3) is 0.500. The summed E-state index contributed by atoms with van der Waals surface area (Å²) in [5, 5.41) is 20.4. The fourth-order valence-corrected chi connectivity index (χ4v) is 5.62. The number of imidazole rings is 1. The van der Waals surface area contributed by atoms with Crippen LogP contribution >= 0.6 is 23.5 Å². The van der Waals surface area contributed by atoms with Crippen LogP contribution in [0.2, 0.25) is 0 Å². The molecule has 0 spiro atoms. The van der Waals surface area contributed by atoms with Crippen LogP contribution in [0.1, 0.15) is 6.23 Å². The topological polar surface area (TPSA) is 282 Å². The predicted octanol–water partition coefficient (Wildman–Crippen LogP) is -5.26. The minimum atomic E-state index is -5.79. The van der Waals surface area contributed by atoms with Crippen molar-refractivity contribution in [3.05, 3.63) is 12.7 Å². The Morgan fingerprint density at radius 2 is 1.75 bits per heavy atom. The van der Waals surface area contributed by atoms with Gasteiger partial charge in [0.15, 0.2) is 17.7 Å². The van der Waals surface area contributed by atoms with Crippen molar-refractivity contribution in [3.8, 4) is 0 Å². The number of aliphatic hydroxyl groups excluding tert-OH is 2. The molecule has 1 saturated heterocycles. The van der Waals surface area contributed by atoms with Crippen LogP contribution in [-0.4, -0.2) is 69.3 Å². The Labute approximate surface area is 200 Å². The molecule has 0 amide bonds. The van der Waals surface area contributed by atoms with E-state index < -0.39 is 54.6 Å². The first kappa shape index (κ1) is 27.9. The van der Waals surface area contributed by atoms with E-state index in [0.29, 0.717) is 0 Å². The molecule has 1 aliphatic heterocycles. The van der Waals surface area contributed by atoms with Crippen LogP contribution in [0.25, 0.3) is 11.2 Å². The largest absolute Gasteiger partial charge is 1.00 e. The molecule has 0 radical (unpaired) electrons. The van der Waals surface area contributed by atoms with Crippen LogP contribution in [0.3, 0.4) is 0 Å². The number of aliphatic hydroxyl groups is 2. The van der Waals surface area contributed by atoms with Gasteiger partial charge in [0, 0.05) is 0 Å². The zero-order chi connectivity index (χ0) is 23.2. The van der Waals surface area contributed by atoms with Crippen molar-refractivity contribution < 1.29 is 90.9 Å². The molecule has 32 heavy (non-hydrogen) atoms. The molecule has 1 aliphatic rings. The second-order valence-corrected chi connectivity index (χ2v) is 10.4. The van der Waals surface area contributed by atoms with Gasteiger partial charge in [-0.3, -0.25) is 13.7 Å². The smallest absolute Gasteiger partial charge is 0.756 e. The average molecular weight is 544 g/mol. The number of nitrogens with two attached hydrogens (primary N) is 1. The normalized spacial score (nSPS) is 29.1. The Morgan fingerprint density at radius 1 is 1.09 bits per heavy atom. The molecule has 0 aromatic carbocycles. The van der Waals surface area contributed by atoms with Crippen LogP contribution in [0.4, 0.5) is 5.82 Å². The predicted molar refractivity (Wildman–Crippen MR) is 93.3 cm³/mol. The number of nitrogens with zero attached hydrogens (tertiary/aromatic N) is 4. The summed E-state index contributed by atoms with van der Waals surface area (Å²) in [6, 6.07) is 0. The molecular weight excluding hydrogens is 529 g/mol. The summed E-state index contributed by atoms with van der Waals surface area (Å²) >= 11 is 0. The first-order valence-electron chi connectivity index (χ1n) is 7.90. The molecule has 1 fully saturated rings. The number of hydrogen-bond acceptors (Lipinski definition) is 14. The molecule has 3 unspecified atom stereocenters. The van der Waals surface area contributed by atoms with Crippen LogP contribution < -0.4 is 40.2 Å². The summed E-state index contributed by atoms with van der Waals surface area (Å²) in [5.74, 6) is 0.0381. The molecule has 3 rings (SSSR count). The van der Waals surface area contributed by atoms with E-state index in [-0.39, 0.29) is 46.5 Å². The van der Waals surface area contributed by atoms with Crippen LogP contribution in [0.5, 0.6) is 0 Å². The van der Waals surface area contributed by atoms with E-state index in [1.807, 2.05) is 0 Å². The molecule has 18 nitrogen and oxygen atoms in total. The third-order valence-electron chi connectivity index (χ3n) is 3.81. The third kappa shape index (κ3) is 6.61. The number of aromatic nitrogens is 4. The summed E-state index contributed by atoms with van der Waals surface area (Å²) in [6.07, 6.45) is -3.74. The summed E-state index contributed by atoms with van der Waals surface area (Å²) < 4.78 is 51.5. The molecule has 0 aliphatic carbocycles. The van der Waals surface area contributed by atoms with E-state index in [1.54, 1.807) is 0 Å². The molecule has 2 aromatic heterocycles. The molecule has 3 heterocycles. The van der Waals surface area contributed by atoms with Crippen molar-refractivity contribution in [2.24, 2.45) is 0 Å². The molecule has 22 heteroatoms. The maximum Gasteiger partial charge on any atom is 1.00 e. The Morgan fingerprint density at radius 3 is 2.38 bits per heavy atom. The number of hydrogen-bond donors (Lipinski definition) is 6. The van der Waals surface area contributed by atoms with E-state index in [9.17, 15) is 33.7 Å². The van der Waals surface area contributed by atoms with Gasteiger partial charge in [-0.05, 0) is 0 Å². The monoisotopic (exact) mass is 544 g/mol. The van der Waals surface area contributed by atoms with Gasteiger partial charge in [-0.1, -0.05) is 0 Å². The number of ether oxygens (including phenoxy) is 1. The molecule has 0 bridgehead atoms. The van der Waals surface area contributed by atoms with E-state index in [0.717, 1.165) is 6.33 Å². The Bertz CT molecular complexity index is 1110. The quantitative estimate of drug-likeness (QED) is 0.0783. The van der Waals surface area contributed by atoms with Gasteiger partial charge < -0.3 is 40.3 Å². The second kappa shape index (κ2) is 10.1. The SMILES string of the molecule is [15NH2][13c]1[15n][13cH][15n][13c]2[13c]1[15n][13cH][15n]2[13C@@H]1O[13C@H]([13CH2]OP(=O)(O)OP(=O)(O)OP(=O)([O-])O)[13C@@H](O)[13C@H]1O.[Na+]. The van der Waals surface area contributed by atoms with Crippen LogP contribution in [0, 0.1) is 0 Å². The second-order valence-electron chi connectivity index (χ2n) is 5.99. The Hall–Kier alpha value is -0.360. The Balaban J connectivity index is 0.00000363. The Kier molecular flexibility index (Phi) is 8.80. The van der Waals surface area contributed by atoms with Crippen molar-refractivity contribution >= 4 is 40.4 Å². The van der Waals surface area contributed by atoms with Gasteiger partial charge in [0.2, 0.25) is 0 Å². The van der Waals surface area contributed by atoms with E-state index in [4.69, 9.17) is 20.3 Å². The standard InChI is InChI=1S/C10H16N5O13P3.Na/c11-8-5-9(13-2-12-8)15(3-14-5)10-7(17)6(16)4(26-10)1-25-30(21,22)28-31(23,24)27-29(18,19)20;/h2-4,6-7,10,16-17H,1H2,(H,21,22)(H,23,24)(H2,11,12,13)(H2,18,19,20);/q;+1/p-1/t4-,6-,7-,10-;/m1./s1/i1+1,2+1,3+1,4+1,5+1,6+1,7+1,8+1,9+1,10+1,11+1,12+1,13+1,14+1,15+1;. The van der Waals surface area contributed by atoms with Crippen molar-refractivity contribution in [1.82, 2.24) is 19.5 Å². The number of nitrogen functional groups attached to an aromatic ring is 1. The summed E-state index contributed by atoms with van der Waals surface area (Å²) in [4.78, 5) is 49.0. The van der Waals surface area contributed by atoms with Gasteiger partial charge in [-0.15, -0.1) is 0 Å². The van der Waals surface area contributed by atoms with Crippen molar-refractivity contribution in [1.29, 1.82) is 0 Å². The number of anilines is 1. The number of phosphoric acid groups is 3. The molecular formula is C10H15N5NaO13P3. The summed E-state index contributed by atoms with van der Waals surface area (Å²) in [7, 11) is -17.0. The molecule has 0 saturated carbocycles. The first-order chi connectivity index (χ1) is 14.2. The molecule has 174 valence electrons. The van der Waals surface area contributed by atoms with Gasteiger partial charge >= 0.3 is 45.2 Å². The van der Waals surface area contributed by atoms with Gasteiger partial charge in [0.25, 0.3) is 7.82 Å². The van der Waals surface area contributed by atoms with Gasteiger partial charge in [-0.25, -0.2) is 28.4 Å². The van der Waals surface area contributed by atoms with Crippen LogP contribution in [-0.2, 0) is 31.6 Å². The van der Waals surface area contributed by atoms with Crippen LogP contribution in [0.15, 0.2) is 12.7 Å². The zero-order valence-corrected chi connectivity index (χ0v) is 20.6. The van der Waals surface area contributed by atoms with Gasteiger partial charge in [0.1, 0.15) is 30.2 Å². The van der Waals surface area contributed by atoms with E-state index in [1.165, 1.54) is 10.9 Å². The molecule has 2 aromatic rings. The summed E-state index contributed by atoms with van der Waals surface area (Å²) in [5.41, 5.74) is 5.99. The summed E-state index contributed by atoms with van der Waals surface area (Å²) in [6.45, 7) is -0.972. The first-order valence-corrected chi connectivity index (χ1v) is 12.4. The maximum absolute atomic E-state index is 11.8. The van der Waals surface area contributed by atoms with E-state index >= 15 is 0 Å². The maximum atomic E-state index is 11.8. The van der Waals surface area contributed by atoms with Crippen molar-refractivity contribution in [3.63, 3.8) is 0 Å². The number of rotatable bonds is 8. The minimum Gasteiger partial charge on any atom is -0.756 e. The number of phosphoric ester groups is 1. The fourth-order valence-electron chi connectivity index (χ4n) is 2.62.